The van der Waals surface area contributed by atoms with Crippen LogP contribution in [0.25, 0.3) is 0 Å². The Kier molecular flexibility index (Phi) is 4.81. The smallest absolute Gasteiger partial charge is 0.244 e. The van der Waals surface area contributed by atoms with Gasteiger partial charge >= 0.3 is 0 Å². The lowest BCUT2D eigenvalue weighted by Crippen LogP contribution is -2.42. The van der Waals surface area contributed by atoms with E-state index < -0.39 is 17.4 Å². The molecule has 1 aliphatic rings. The summed E-state index contributed by atoms with van der Waals surface area (Å²) in [4.78, 5) is 29.5. The number of nitrogens with one attached hydrogen (secondary N) is 1. The maximum absolute atomic E-state index is 12.9. The van der Waals surface area contributed by atoms with E-state index in [0.29, 0.717) is 24.2 Å². The molecule has 0 bridgehead atoms. The molecule has 7 nitrogen and oxygen atoms in total. The SMILES string of the molecule is COc1ccc(C2(C(=O)NC(C(N)=O)c3cccc(ON)c3)CC2)cc1. The molecule has 1 atom stereocenters. The topological polar surface area (TPSA) is 117 Å². The highest BCUT2D eigenvalue weighted by Crippen LogP contribution is 2.49. The molecule has 0 aliphatic heterocycles. The normalized spacial score (nSPS) is 15.6. The monoisotopic (exact) mass is 355 g/mol. The Bertz CT molecular complexity index is 816. The van der Waals surface area contributed by atoms with Gasteiger partial charge in [0.05, 0.1) is 12.5 Å². The fourth-order valence-electron chi connectivity index (χ4n) is 3.04. The summed E-state index contributed by atoms with van der Waals surface area (Å²) in [6.45, 7) is 0. The van der Waals surface area contributed by atoms with Gasteiger partial charge in [0.25, 0.3) is 0 Å². The maximum atomic E-state index is 12.9. The highest BCUT2D eigenvalue weighted by Gasteiger charge is 2.52. The van der Waals surface area contributed by atoms with Crippen molar-refractivity contribution in [2.45, 2.75) is 24.3 Å². The molecule has 2 aromatic rings. The number of ether oxygens (including phenoxy) is 1. The minimum atomic E-state index is -0.965. The highest BCUT2D eigenvalue weighted by molar-refractivity contribution is 5.95. The number of methoxy groups -OCH3 is 1. The molecule has 0 aromatic heterocycles. The number of rotatable bonds is 7. The molecule has 7 heteroatoms. The van der Waals surface area contributed by atoms with Gasteiger partial charge in [-0.15, -0.1) is 0 Å². The van der Waals surface area contributed by atoms with E-state index in [1.807, 2.05) is 24.3 Å². The fourth-order valence-corrected chi connectivity index (χ4v) is 3.04. The van der Waals surface area contributed by atoms with Gasteiger partial charge in [-0.1, -0.05) is 24.3 Å². The summed E-state index contributed by atoms with van der Waals surface area (Å²) in [7, 11) is 1.59. The number of hydrogen-bond acceptors (Lipinski definition) is 5. The second-order valence-electron chi connectivity index (χ2n) is 6.31. The standard InChI is InChI=1S/C19H21N3O4/c1-25-14-7-5-13(6-8-14)19(9-10-19)18(24)22-16(17(20)23)12-3-2-4-15(11-12)26-21/h2-8,11,16H,9-10,21H2,1H3,(H2,20,23)(H,22,24). The number of primary amides is 1. The number of nitrogens with two attached hydrogens (primary N) is 2. The average molecular weight is 355 g/mol. The maximum Gasteiger partial charge on any atom is 0.244 e. The van der Waals surface area contributed by atoms with Crippen molar-refractivity contribution in [3.63, 3.8) is 0 Å². The Hall–Kier alpha value is -3.06. The first-order valence-corrected chi connectivity index (χ1v) is 8.21. The summed E-state index contributed by atoms with van der Waals surface area (Å²) in [5.41, 5.74) is 6.27. The van der Waals surface area contributed by atoms with Gasteiger partial charge in [0, 0.05) is 0 Å². The number of amides is 2. The van der Waals surface area contributed by atoms with Crippen LogP contribution in [-0.4, -0.2) is 18.9 Å². The molecule has 5 N–H and O–H groups in total. The fraction of sp³-hybridized carbons (Fsp3) is 0.263. The van der Waals surface area contributed by atoms with Crippen molar-refractivity contribution in [3.8, 4) is 11.5 Å². The van der Waals surface area contributed by atoms with Gasteiger partial charge in [0.2, 0.25) is 11.8 Å². The summed E-state index contributed by atoms with van der Waals surface area (Å²) in [5.74, 6) is 5.37. The lowest BCUT2D eigenvalue weighted by Gasteiger charge is -2.21. The van der Waals surface area contributed by atoms with Crippen LogP contribution in [0.15, 0.2) is 48.5 Å². The largest absolute Gasteiger partial charge is 0.497 e. The molecule has 3 rings (SSSR count). The molecule has 0 radical (unpaired) electrons. The molecular weight excluding hydrogens is 334 g/mol. The summed E-state index contributed by atoms with van der Waals surface area (Å²) >= 11 is 0. The lowest BCUT2D eigenvalue weighted by molar-refractivity contribution is -0.129. The van der Waals surface area contributed by atoms with E-state index in [1.165, 1.54) is 0 Å². The van der Waals surface area contributed by atoms with E-state index in [9.17, 15) is 9.59 Å². The highest BCUT2D eigenvalue weighted by atomic mass is 16.6. The third-order valence-corrected chi connectivity index (χ3v) is 4.71. The van der Waals surface area contributed by atoms with E-state index >= 15 is 0 Å². The molecule has 136 valence electrons. The zero-order chi connectivity index (χ0) is 18.7. The zero-order valence-corrected chi connectivity index (χ0v) is 14.4. The van der Waals surface area contributed by atoms with Crippen LogP contribution in [0.3, 0.4) is 0 Å². The second kappa shape index (κ2) is 7.05. The molecule has 1 unspecified atom stereocenters. The van der Waals surface area contributed by atoms with Crippen LogP contribution in [0, 0.1) is 0 Å². The Labute approximate surface area is 151 Å². The first kappa shape index (κ1) is 17.8. The quantitative estimate of drug-likeness (QED) is 0.648. The number of carbonyl (C=O) groups excluding carboxylic acids is 2. The van der Waals surface area contributed by atoms with Gasteiger partial charge < -0.3 is 20.6 Å². The Morgan fingerprint density at radius 1 is 1.12 bits per heavy atom. The minimum Gasteiger partial charge on any atom is -0.497 e. The van der Waals surface area contributed by atoms with E-state index in [2.05, 4.69) is 10.2 Å². The summed E-state index contributed by atoms with van der Waals surface area (Å²) in [6.07, 6.45) is 1.42. The van der Waals surface area contributed by atoms with Gasteiger partial charge in [-0.2, -0.15) is 5.90 Å². The molecule has 0 heterocycles. The van der Waals surface area contributed by atoms with Gasteiger partial charge in [0.1, 0.15) is 17.5 Å². The van der Waals surface area contributed by atoms with Crippen molar-refractivity contribution in [2.75, 3.05) is 7.11 Å². The lowest BCUT2D eigenvalue weighted by atomic mass is 9.94. The third kappa shape index (κ3) is 3.34. The first-order chi connectivity index (χ1) is 12.5. The van der Waals surface area contributed by atoms with Crippen molar-refractivity contribution in [1.29, 1.82) is 0 Å². The number of hydrogen-bond donors (Lipinski definition) is 3. The van der Waals surface area contributed by atoms with Crippen LogP contribution in [0.1, 0.15) is 30.0 Å². The Balaban J connectivity index is 1.82. The minimum absolute atomic E-state index is 0.231. The second-order valence-corrected chi connectivity index (χ2v) is 6.31. The van der Waals surface area contributed by atoms with Crippen LogP contribution in [-0.2, 0) is 15.0 Å². The van der Waals surface area contributed by atoms with Gasteiger partial charge in [-0.05, 0) is 48.2 Å². The van der Waals surface area contributed by atoms with Crippen molar-refractivity contribution >= 4 is 11.8 Å². The van der Waals surface area contributed by atoms with Crippen molar-refractivity contribution < 1.29 is 19.2 Å². The van der Waals surface area contributed by atoms with Crippen molar-refractivity contribution in [3.05, 3.63) is 59.7 Å². The van der Waals surface area contributed by atoms with Crippen molar-refractivity contribution in [2.24, 2.45) is 11.6 Å². The van der Waals surface area contributed by atoms with Gasteiger partial charge in [-0.3, -0.25) is 9.59 Å². The molecule has 1 aliphatic carbocycles. The molecular formula is C19H21N3O4. The van der Waals surface area contributed by atoms with Crippen LogP contribution in [0.2, 0.25) is 0 Å². The number of benzene rings is 2. The molecule has 2 aromatic carbocycles. The van der Waals surface area contributed by atoms with E-state index in [4.69, 9.17) is 16.4 Å². The number of carbonyl (C=O) groups is 2. The summed E-state index contributed by atoms with van der Waals surface area (Å²) < 4.78 is 5.15. The molecule has 0 saturated heterocycles. The molecule has 26 heavy (non-hydrogen) atoms. The first-order valence-electron chi connectivity index (χ1n) is 8.21. The summed E-state index contributed by atoms with van der Waals surface area (Å²) in [5, 5.41) is 2.77. The predicted octanol–water partition coefficient (Wildman–Crippen LogP) is 1.32. The Morgan fingerprint density at radius 2 is 1.81 bits per heavy atom. The van der Waals surface area contributed by atoms with Crippen LogP contribution in [0.4, 0.5) is 0 Å². The molecule has 1 saturated carbocycles. The zero-order valence-electron chi connectivity index (χ0n) is 14.4. The van der Waals surface area contributed by atoms with E-state index in [1.54, 1.807) is 31.4 Å². The van der Waals surface area contributed by atoms with Gasteiger partial charge in [0.15, 0.2) is 0 Å². The Morgan fingerprint density at radius 3 is 2.35 bits per heavy atom. The molecule has 1 fully saturated rings. The molecule has 0 spiro atoms. The van der Waals surface area contributed by atoms with Crippen molar-refractivity contribution in [1.82, 2.24) is 5.32 Å². The molecule has 2 amide bonds. The third-order valence-electron chi connectivity index (χ3n) is 4.71. The van der Waals surface area contributed by atoms with E-state index in [-0.39, 0.29) is 5.91 Å². The van der Waals surface area contributed by atoms with Crippen LogP contribution >= 0.6 is 0 Å². The van der Waals surface area contributed by atoms with Crippen LogP contribution < -0.4 is 26.5 Å². The van der Waals surface area contributed by atoms with Gasteiger partial charge in [-0.25, -0.2) is 0 Å². The average Bonchev–Trinajstić information content (AvgIpc) is 3.48. The van der Waals surface area contributed by atoms with E-state index in [0.717, 1.165) is 11.3 Å². The predicted molar refractivity (Wildman–Crippen MR) is 95.2 cm³/mol. The van der Waals surface area contributed by atoms with Crippen LogP contribution in [0.5, 0.6) is 11.5 Å². The summed E-state index contributed by atoms with van der Waals surface area (Å²) in [6, 6.07) is 13.0.